The molecule has 3 heterocycles. The number of hydrogen-bond donors (Lipinski definition) is 1. The zero-order chi connectivity index (χ0) is 19.4. The summed E-state index contributed by atoms with van der Waals surface area (Å²) >= 11 is 0. The van der Waals surface area contributed by atoms with E-state index in [0.717, 1.165) is 25.0 Å². The Morgan fingerprint density at radius 3 is 2.81 bits per heavy atom. The van der Waals surface area contributed by atoms with Gasteiger partial charge in [0, 0.05) is 37.3 Å². The number of carboxylic acid groups (broad SMARTS) is 1. The maximum atomic E-state index is 12.4. The van der Waals surface area contributed by atoms with Crippen LogP contribution in [0.2, 0.25) is 0 Å². The van der Waals surface area contributed by atoms with E-state index < -0.39 is 5.97 Å². The zero-order valence-electron chi connectivity index (χ0n) is 15.4. The zero-order valence-corrected chi connectivity index (χ0v) is 15.4. The summed E-state index contributed by atoms with van der Waals surface area (Å²) in [7, 11) is 1.50. The van der Waals surface area contributed by atoms with E-state index in [-0.39, 0.29) is 24.1 Å². The number of amides is 1. The molecule has 1 N–H and O–H groups in total. The Kier molecular flexibility index (Phi) is 5.75. The van der Waals surface area contributed by atoms with Crippen LogP contribution in [-0.2, 0) is 9.53 Å². The minimum absolute atomic E-state index is 0.0275. The molecule has 27 heavy (non-hydrogen) atoms. The lowest BCUT2D eigenvalue weighted by Crippen LogP contribution is -2.41. The number of aryl methyl sites for hydroxylation is 1. The molecule has 1 atom stereocenters. The second kappa shape index (κ2) is 8.22. The smallest absolute Gasteiger partial charge is 0.337 e. The van der Waals surface area contributed by atoms with Crippen LogP contribution in [0.15, 0.2) is 24.5 Å². The van der Waals surface area contributed by atoms with Gasteiger partial charge in [-0.15, -0.1) is 0 Å². The Balaban J connectivity index is 1.98. The van der Waals surface area contributed by atoms with Crippen LogP contribution in [0.3, 0.4) is 0 Å². The quantitative estimate of drug-likeness (QED) is 0.860. The summed E-state index contributed by atoms with van der Waals surface area (Å²) in [6, 6.07) is 3.11. The largest absolute Gasteiger partial charge is 0.478 e. The van der Waals surface area contributed by atoms with Crippen LogP contribution < -0.4 is 0 Å². The first-order valence-corrected chi connectivity index (χ1v) is 8.82. The Morgan fingerprint density at radius 1 is 1.26 bits per heavy atom. The highest BCUT2D eigenvalue weighted by molar-refractivity contribution is 5.88. The molecule has 1 amide bonds. The number of pyridine rings is 1. The van der Waals surface area contributed by atoms with Crippen LogP contribution in [0, 0.1) is 6.92 Å². The van der Waals surface area contributed by atoms with Crippen molar-refractivity contribution < 1.29 is 19.4 Å². The van der Waals surface area contributed by atoms with Crippen LogP contribution >= 0.6 is 0 Å². The molecule has 0 spiro atoms. The highest BCUT2D eigenvalue weighted by Crippen LogP contribution is 2.30. The molecule has 8 nitrogen and oxygen atoms in total. The lowest BCUT2D eigenvalue weighted by atomic mass is 10.0. The van der Waals surface area contributed by atoms with Crippen LogP contribution in [0.5, 0.6) is 0 Å². The van der Waals surface area contributed by atoms with Gasteiger partial charge in [0.05, 0.1) is 17.3 Å². The molecule has 8 heteroatoms. The van der Waals surface area contributed by atoms with Crippen molar-refractivity contribution in [3.05, 3.63) is 41.6 Å². The fraction of sp³-hybridized carbons (Fsp3) is 0.421. The van der Waals surface area contributed by atoms with Gasteiger partial charge in [-0.25, -0.2) is 14.8 Å². The van der Waals surface area contributed by atoms with Crippen molar-refractivity contribution in [1.82, 2.24) is 19.9 Å². The molecule has 1 saturated heterocycles. The number of carbonyl (C=O) groups excluding carboxylic acids is 1. The summed E-state index contributed by atoms with van der Waals surface area (Å²) in [5.74, 6) is -0.558. The average Bonchev–Trinajstić information content (AvgIpc) is 2.68. The van der Waals surface area contributed by atoms with E-state index in [1.807, 2.05) is 6.92 Å². The molecule has 0 aromatic carbocycles. The number of carboxylic acids is 1. The van der Waals surface area contributed by atoms with Crippen molar-refractivity contribution in [3.8, 4) is 11.3 Å². The normalized spacial score (nSPS) is 17.0. The van der Waals surface area contributed by atoms with Crippen LogP contribution in [-0.4, -0.2) is 57.1 Å². The van der Waals surface area contributed by atoms with Crippen LogP contribution in [0.1, 0.15) is 47.2 Å². The first-order valence-electron chi connectivity index (χ1n) is 8.82. The molecule has 0 bridgehead atoms. The van der Waals surface area contributed by atoms with E-state index >= 15 is 0 Å². The second-order valence-corrected chi connectivity index (χ2v) is 6.55. The van der Waals surface area contributed by atoms with Crippen LogP contribution in [0.25, 0.3) is 11.3 Å². The van der Waals surface area contributed by atoms with Gasteiger partial charge in [0.15, 0.2) is 5.82 Å². The van der Waals surface area contributed by atoms with Gasteiger partial charge in [-0.1, -0.05) is 0 Å². The molecule has 3 rings (SSSR count). The summed E-state index contributed by atoms with van der Waals surface area (Å²) in [4.78, 5) is 38.6. The third kappa shape index (κ3) is 4.28. The standard InChI is InChI=1S/C19H22N4O4/c1-12-7-15(13-8-14(19(25)26)10-20-9-13)22-18(21-12)16-5-3-4-6-23(16)17(24)11-27-2/h7-10,16H,3-6,11H2,1-2H3,(H,25,26). The minimum atomic E-state index is -1.04. The number of methoxy groups -OCH3 is 1. The maximum absolute atomic E-state index is 12.4. The number of ether oxygens (including phenoxy) is 1. The van der Waals surface area contributed by atoms with Gasteiger partial charge in [0.25, 0.3) is 0 Å². The fourth-order valence-electron chi connectivity index (χ4n) is 3.29. The molecule has 1 unspecified atom stereocenters. The lowest BCUT2D eigenvalue weighted by molar-refractivity contribution is -0.139. The Labute approximate surface area is 157 Å². The molecule has 2 aromatic heterocycles. The Hall–Kier alpha value is -2.87. The van der Waals surface area contributed by atoms with Crippen molar-refractivity contribution in [2.24, 2.45) is 0 Å². The fourth-order valence-corrected chi connectivity index (χ4v) is 3.29. The molecular weight excluding hydrogens is 348 g/mol. The van der Waals surface area contributed by atoms with E-state index in [9.17, 15) is 14.7 Å². The molecule has 1 aliphatic heterocycles. The molecular formula is C19H22N4O4. The van der Waals surface area contributed by atoms with Gasteiger partial charge < -0.3 is 14.7 Å². The number of rotatable bonds is 5. The van der Waals surface area contributed by atoms with Gasteiger partial charge in [0.2, 0.25) is 5.91 Å². The van der Waals surface area contributed by atoms with E-state index in [1.54, 1.807) is 17.2 Å². The summed E-state index contributed by atoms with van der Waals surface area (Å²) in [5, 5.41) is 9.19. The van der Waals surface area contributed by atoms with Crippen molar-refractivity contribution in [2.75, 3.05) is 20.3 Å². The van der Waals surface area contributed by atoms with Gasteiger partial charge in [-0.2, -0.15) is 0 Å². The summed E-state index contributed by atoms with van der Waals surface area (Å²) in [5.41, 5.74) is 2.05. The number of carbonyl (C=O) groups is 2. The SMILES string of the molecule is COCC(=O)N1CCCCC1c1nc(C)cc(-c2cncc(C(=O)O)c2)n1. The monoisotopic (exact) mass is 370 g/mol. The third-order valence-corrected chi connectivity index (χ3v) is 4.54. The van der Waals surface area contributed by atoms with Gasteiger partial charge >= 0.3 is 5.97 Å². The molecule has 142 valence electrons. The number of aromatic nitrogens is 3. The number of likely N-dealkylation sites (tertiary alicyclic amines) is 1. The van der Waals surface area contributed by atoms with Crippen molar-refractivity contribution >= 4 is 11.9 Å². The predicted molar refractivity (Wildman–Crippen MR) is 97.1 cm³/mol. The topological polar surface area (TPSA) is 106 Å². The Morgan fingerprint density at radius 2 is 2.07 bits per heavy atom. The first-order chi connectivity index (χ1) is 13.0. The van der Waals surface area contributed by atoms with E-state index in [0.29, 0.717) is 23.6 Å². The minimum Gasteiger partial charge on any atom is -0.478 e. The van der Waals surface area contributed by atoms with Crippen molar-refractivity contribution in [2.45, 2.75) is 32.2 Å². The highest BCUT2D eigenvalue weighted by atomic mass is 16.5. The summed E-state index contributed by atoms with van der Waals surface area (Å²) in [6.07, 6.45) is 5.59. The Bertz CT molecular complexity index is 855. The summed E-state index contributed by atoms with van der Waals surface area (Å²) in [6.45, 7) is 2.53. The van der Waals surface area contributed by atoms with E-state index in [4.69, 9.17) is 4.74 Å². The maximum Gasteiger partial charge on any atom is 0.337 e. The number of hydrogen-bond acceptors (Lipinski definition) is 6. The highest BCUT2D eigenvalue weighted by Gasteiger charge is 2.30. The third-order valence-electron chi connectivity index (χ3n) is 4.54. The average molecular weight is 370 g/mol. The molecule has 0 radical (unpaired) electrons. The second-order valence-electron chi connectivity index (χ2n) is 6.55. The van der Waals surface area contributed by atoms with Gasteiger partial charge in [0.1, 0.15) is 6.61 Å². The molecule has 1 fully saturated rings. The van der Waals surface area contributed by atoms with Gasteiger partial charge in [-0.05, 0) is 38.3 Å². The number of piperidine rings is 1. The molecule has 1 aliphatic rings. The van der Waals surface area contributed by atoms with Crippen molar-refractivity contribution in [1.29, 1.82) is 0 Å². The molecule has 0 saturated carbocycles. The van der Waals surface area contributed by atoms with E-state index in [1.165, 1.54) is 19.4 Å². The summed E-state index contributed by atoms with van der Waals surface area (Å²) < 4.78 is 5.00. The lowest BCUT2D eigenvalue weighted by Gasteiger charge is -2.34. The van der Waals surface area contributed by atoms with Gasteiger partial charge in [-0.3, -0.25) is 9.78 Å². The van der Waals surface area contributed by atoms with Crippen molar-refractivity contribution in [3.63, 3.8) is 0 Å². The van der Waals surface area contributed by atoms with Crippen LogP contribution in [0.4, 0.5) is 0 Å². The predicted octanol–water partition coefficient (Wildman–Crippen LogP) is 2.25. The number of nitrogens with zero attached hydrogens (tertiary/aromatic N) is 4. The van der Waals surface area contributed by atoms with E-state index in [2.05, 4.69) is 15.0 Å². The number of aromatic carboxylic acids is 1. The first kappa shape index (κ1) is 18.9. The molecule has 0 aliphatic carbocycles. The molecule has 2 aromatic rings.